The SMILES string of the molecule is NC1=C2C(=O)N=CN=C2N=N1. The van der Waals surface area contributed by atoms with E-state index in [1.165, 1.54) is 0 Å². The first-order valence-corrected chi connectivity index (χ1v) is 2.85. The topological polar surface area (TPSA) is 92.5 Å². The Morgan fingerprint density at radius 1 is 1.36 bits per heavy atom. The van der Waals surface area contributed by atoms with Gasteiger partial charge in [-0.05, 0) is 0 Å². The molecular formula is C5H3N5O. The van der Waals surface area contributed by atoms with Crippen molar-refractivity contribution in [1.29, 1.82) is 0 Å². The number of hydrogen-bond donors (Lipinski definition) is 1. The summed E-state index contributed by atoms with van der Waals surface area (Å²) in [6.07, 6.45) is 1.14. The molecule has 2 aliphatic rings. The number of hydrogen-bond acceptors (Lipinski definition) is 5. The predicted molar refractivity (Wildman–Crippen MR) is 37.0 cm³/mol. The van der Waals surface area contributed by atoms with Gasteiger partial charge in [0.2, 0.25) is 0 Å². The maximum absolute atomic E-state index is 10.9. The third-order valence-corrected chi connectivity index (χ3v) is 1.30. The first kappa shape index (κ1) is 5.90. The first-order chi connectivity index (χ1) is 5.29. The van der Waals surface area contributed by atoms with Crippen LogP contribution in [0.25, 0.3) is 0 Å². The van der Waals surface area contributed by atoms with Crippen LogP contribution in [-0.4, -0.2) is 18.1 Å². The maximum atomic E-state index is 10.9. The largest absolute Gasteiger partial charge is 0.381 e. The van der Waals surface area contributed by atoms with Crippen LogP contribution in [0, 0.1) is 0 Å². The highest BCUT2D eigenvalue weighted by Gasteiger charge is 2.26. The molecule has 2 rings (SSSR count). The Morgan fingerprint density at radius 2 is 2.18 bits per heavy atom. The Balaban J connectivity index is 2.61. The van der Waals surface area contributed by atoms with Crippen molar-refractivity contribution in [2.75, 3.05) is 0 Å². The van der Waals surface area contributed by atoms with Crippen LogP contribution in [0.3, 0.4) is 0 Å². The van der Waals surface area contributed by atoms with Gasteiger partial charge in [0.25, 0.3) is 5.91 Å². The Labute approximate surface area is 61.2 Å². The number of carbonyl (C=O) groups is 1. The van der Waals surface area contributed by atoms with Crippen LogP contribution >= 0.6 is 0 Å². The van der Waals surface area contributed by atoms with Crippen molar-refractivity contribution in [3.05, 3.63) is 11.4 Å². The molecule has 2 heterocycles. The van der Waals surface area contributed by atoms with Crippen molar-refractivity contribution in [3.63, 3.8) is 0 Å². The van der Waals surface area contributed by atoms with Crippen LogP contribution < -0.4 is 5.73 Å². The van der Waals surface area contributed by atoms with Gasteiger partial charge in [0.15, 0.2) is 11.7 Å². The van der Waals surface area contributed by atoms with Gasteiger partial charge in [-0.25, -0.2) is 4.99 Å². The second-order valence-electron chi connectivity index (χ2n) is 1.96. The molecule has 0 fully saturated rings. The van der Waals surface area contributed by atoms with E-state index in [4.69, 9.17) is 5.73 Å². The average molecular weight is 149 g/mol. The molecule has 2 N–H and O–H groups in total. The number of amidine groups is 1. The molecule has 0 aromatic carbocycles. The van der Waals surface area contributed by atoms with Crippen LogP contribution in [0.5, 0.6) is 0 Å². The van der Waals surface area contributed by atoms with Gasteiger partial charge in [0.05, 0.1) is 0 Å². The summed E-state index contributed by atoms with van der Waals surface area (Å²) in [6, 6.07) is 0. The molecule has 0 atom stereocenters. The van der Waals surface area contributed by atoms with Gasteiger partial charge in [-0.2, -0.15) is 4.99 Å². The van der Waals surface area contributed by atoms with E-state index in [2.05, 4.69) is 20.2 Å². The molecule has 6 nitrogen and oxygen atoms in total. The molecule has 0 saturated carbocycles. The quantitative estimate of drug-likeness (QED) is 0.507. The van der Waals surface area contributed by atoms with E-state index in [-0.39, 0.29) is 17.2 Å². The molecule has 6 heteroatoms. The number of rotatable bonds is 0. The fraction of sp³-hybridized carbons (Fsp3) is 0. The number of nitrogens with two attached hydrogens (primary N) is 1. The Kier molecular flexibility index (Phi) is 0.974. The van der Waals surface area contributed by atoms with Crippen molar-refractivity contribution in [3.8, 4) is 0 Å². The zero-order chi connectivity index (χ0) is 7.84. The van der Waals surface area contributed by atoms with Gasteiger partial charge in [-0.3, -0.25) is 4.79 Å². The second kappa shape index (κ2) is 1.82. The smallest absolute Gasteiger partial charge is 0.286 e. The van der Waals surface area contributed by atoms with Gasteiger partial charge in [-0.1, -0.05) is 0 Å². The first-order valence-electron chi connectivity index (χ1n) is 2.85. The molecule has 0 bridgehead atoms. The van der Waals surface area contributed by atoms with Gasteiger partial charge in [0, 0.05) is 0 Å². The van der Waals surface area contributed by atoms with E-state index < -0.39 is 5.91 Å². The van der Waals surface area contributed by atoms with Gasteiger partial charge < -0.3 is 5.73 Å². The zero-order valence-corrected chi connectivity index (χ0v) is 5.35. The monoisotopic (exact) mass is 149 g/mol. The van der Waals surface area contributed by atoms with Crippen LogP contribution in [0.2, 0.25) is 0 Å². The van der Waals surface area contributed by atoms with E-state index in [0.717, 1.165) is 6.34 Å². The van der Waals surface area contributed by atoms with E-state index in [1.54, 1.807) is 0 Å². The maximum Gasteiger partial charge on any atom is 0.286 e. The molecule has 2 aliphatic heterocycles. The van der Waals surface area contributed by atoms with E-state index >= 15 is 0 Å². The number of carbonyl (C=O) groups excluding carboxylic acids is 1. The Morgan fingerprint density at radius 3 is 2.91 bits per heavy atom. The number of fused-ring (bicyclic) bond motifs is 1. The van der Waals surface area contributed by atoms with Crippen molar-refractivity contribution in [2.45, 2.75) is 0 Å². The van der Waals surface area contributed by atoms with E-state index in [9.17, 15) is 4.79 Å². The summed E-state index contributed by atoms with van der Waals surface area (Å²) in [6.45, 7) is 0. The van der Waals surface area contributed by atoms with Gasteiger partial charge in [-0.15, -0.1) is 10.2 Å². The minimum atomic E-state index is -0.433. The van der Waals surface area contributed by atoms with Crippen LogP contribution in [0.15, 0.2) is 31.6 Å². The van der Waals surface area contributed by atoms with Gasteiger partial charge >= 0.3 is 0 Å². The summed E-state index contributed by atoms with van der Waals surface area (Å²) in [5, 5.41) is 7.03. The lowest BCUT2D eigenvalue weighted by atomic mass is 10.2. The zero-order valence-electron chi connectivity index (χ0n) is 5.35. The van der Waals surface area contributed by atoms with Crippen molar-refractivity contribution >= 4 is 18.1 Å². The van der Waals surface area contributed by atoms with Crippen molar-refractivity contribution in [1.82, 2.24) is 0 Å². The highest BCUT2D eigenvalue weighted by molar-refractivity contribution is 6.27. The normalized spacial score (nSPS) is 20.7. The fourth-order valence-electron chi connectivity index (χ4n) is 0.812. The highest BCUT2D eigenvalue weighted by Crippen LogP contribution is 2.16. The predicted octanol–water partition coefficient (Wildman–Crippen LogP) is -0.411. The van der Waals surface area contributed by atoms with E-state index in [1.807, 2.05) is 0 Å². The molecule has 0 aromatic rings. The molecular weight excluding hydrogens is 146 g/mol. The van der Waals surface area contributed by atoms with Gasteiger partial charge in [0.1, 0.15) is 11.9 Å². The molecule has 0 aromatic heterocycles. The third-order valence-electron chi connectivity index (χ3n) is 1.30. The van der Waals surface area contributed by atoms with Crippen LogP contribution in [0.4, 0.5) is 0 Å². The molecule has 0 radical (unpaired) electrons. The fourth-order valence-corrected chi connectivity index (χ4v) is 0.812. The lowest BCUT2D eigenvalue weighted by Crippen LogP contribution is -2.14. The van der Waals surface area contributed by atoms with E-state index in [0.29, 0.717) is 0 Å². The average Bonchev–Trinajstić information content (AvgIpc) is 2.34. The lowest BCUT2D eigenvalue weighted by molar-refractivity contribution is -0.113. The molecule has 54 valence electrons. The number of amides is 1. The van der Waals surface area contributed by atoms with Crippen molar-refractivity contribution in [2.24, 2.45) is 25.9 Å². The lowest BCUT2D eigenvalue weighted by Gasteiger charge is -1.98. The van der Waals surface area contributed by atoms with Crippen LogP contribution in [-0.2, 0) is 4.79 Å². The molecule has 0 unspecified atom stereocenters. The number of azo groups is 1. The summed E-state index contributed by atoms with van der Waals surface area (Å²) >= 11 is 0. The molecule has 0 spiro atoms. The number of nitrogens with zero attached hydrogens (tertiary/aromatic N) is 4. The number of aliphatic imine (C=N–C) groups is 2. The van der Waals surface area contributed by atoms with Crippen LogP contribution in [0.1, 0.15) is 0 Å². The summed E-state index contributed by atoms with van der Waals surface area (Å²) < 4.78 is 0. The molecule has 0 saturated heterocycles. The summed E-state index contributed by atoms with van der Waals surface area (Å²) in [5.41, 5.74) is 5.52. The Hall–Kier alpha value is -1.85. The molecule has 0 aliphatic carbocycles. The minimum Gasteiger partial charge on any atom is -0.381 e. The second-order valence-corrected chi connectivity index (χ2v) is 1.96. The highest BCUT2D eigenvalue weighted by atomic mass is 16.1. The summed E-state index contributed by atoms with van der Waals surface area (Å²) in [5.74, 6) is -0.0920. The molecule has 11 heavy (non-hydrogen) atoms. The minimum absolute atomic E-state index is 0.0885. The summed E-state index contributed by atoms with van der Waals surface area (Å²) in [7, 11) is 0. The Bertz CT molecular complexity index is 348. The van der Waals surface area contributed by atoms with Crippen molar-refractivity contribution < 1.29 is 4.79 Å². The third kappa shape index (κ3) is 0.689. The summed E-state index contributed by atoms with van der Waals surface area (Å²) in [4.78, 5) is 18.1. The standard InChI is InChI=1S/C5H3N5O/c6-3-2-4(10-9-3)7-1-8-5(2)11/h1H,6H2. The molecule has 1 amide bonds.